The third kappa shape index (κ3) is 2.52. The summed E-state index contributed by atoms with van der Waals surface area (Å²) in [6, 6.07) is 14.7. The van der Waals surface area contributed by atoms with Crippen molar-refractivity contribution in [2.24, 2.45) is 5.73 Å². The van der Waals surface area contributed by atoms with Gasteiger partial charge in [-0.2, -0.15) is 0 Å². The standard InChI is InChI=1S/C18H20N2O/c1-13-6-7-18(21-2)15(10-13)12-20-9-8-16-14(11-19)4-3-5-17(16)20/h3-10H,11-12,19H2,1-2H3. The number of ether oxygens (including phenoxy) is 1. The highest BCUT2D eigenvalue weighted by molar-refractivity contribution is 5.83. The van der Waals surface area contributed by atoms with Crippen molar-refractivity contribution in [3.8, 4) is 5.75 Å². The molecule has 3 rings (SSSR count). The van der Waals surface area contributed by atoms with Crippen molar-refractivity contribution in [1.29, 1.82) is 0 Å². The predicted octanol–water partition coefficient (Wildman–Crippen LogP) is 3.47. The molecule has 3 heteroatoms. The zero-order valence-corrected chi connectivity index (χ0v) is 12.5. The minimum atomic E-state index is 0.565. The zero-order chi connectivity index (χ0) is 14.8. The lowest BCUT2D eigenvalue weighted by Gasteiger charge is -2.12. The van der Waals surface area contributed by atoms with Gasteiger partial charge < -0.3 is 15.0 Å². The molecule has 0 amide bonds. The second-order valence-corrected chi connectivity index (χ2v) is 5.31. The van der Waals surface area contributed by atoms with Crippen LogP contribution in [0.5, 0.6) is 5.75 Å². The van der Waals surface area contributed by atoms with Crippen molar-refractivity contribution in [2.75, 3.05) is 7.11 Å². The van der Waals surface area contributed by atoms with E-state index in [2.05, 4.69) is 54.1 Å². The van der Waals surface area contributed by atoms with Crippen LogP contribution in [0.3, 0.4) is 0 Å². The van der Waals surface area contributed by atoms with Gasteiger partial charge in [-0.05, 0) is 30.7 Å². The van der Waals surface area contributed by atoms with Crippen LogP contribution in [-0.2, 0) is 13.1 Å². The molecule has 2 N–H and O–H groups in total. The maximum Gasteiger partial charge on any atom is 0.123 e. The number of aromatic nitrogens is 1. The summed E-state index contributed by atoms with van der Waals surface area (Å²) in [6.45, 7) is 3.46. The van der Waals surface area contributed by atoms with Gasteiger partial charge in [0, 0.05) is 29.2 Å². The van der Waals surface area contributed by atoms with Gasteiger partial charge in [-0.3, -0.25) is 0 Å². The maximum absolute atomic E-state index is 5.81. The molecular weight excluding hydrogens is 260 g/mol. The molecule has 0 saturated carbocycles. The molecule has 0 saturated heterocycles. The average molecular weight is 280 g/mol. The average Bonchev–Trinajstić information content (AvgIpc) is 2.91. The molecule has 3 aromatic rings. The summed E-state index contributed by atoms with van der Waals surface area (Å²) in [6.07, 6.45) is 2.12. The summed E-state index contributed by atoms with van der Waals surface area (Å²) >= 11 is 0. The quantitative estimate of drug-likeness (QED) is 0.795. The first-order valence-corrected chi connectivity index (χ1v) is 7.13. The number of fused-ring (bicyclic) bond motifs is 1. The third-order valence-electron chi connectivity index (χ3n) is 3.90. The summed E-state index contributed by atoms with van der Waals surface area (Å²) in [4.78, 5) is 0. The van der Waals surface area contributed by atoms with Crippen LogP contribution >= 0.6 is 0 Å². The van der Waals surface area contributed by atoms with Crippen molar-refractivity contribution in [1.82, 2.24) is 4.57 Å². The topological polar surface area (TPSA) is 40.2 Å². The predicted molar refractivity (Wildman–Crippen MR) is 86.7 cm³/mol. The van der Waals surface area contributed by atoms with E-state index in [4.69, 9.17) is 10.5 Å². The third-order valence-corrected chi connectivity index (χ3v) is 3.90. The highest BCUT2D eigenvalue weighted by Gasteiger charge is 2.08. The van der Waals surface area contributed by atoms with Gasteiger partial charge in [-0.1, -0.05) is 29.8 Å². The van der Waals surface area contributed by atoms with Gasteiger partial charge in [-0.25, -0.2) is 0 Å². The van der Waals surface area contributed by atoms with E-state index in [1.807, 2.05) is 6.07 Å². The lowest BCUT2D eigenvalue weighted by atomic mass is 10.1. The zero-order valence-electron chi connectivity index (χ0n) is 12.5. The Hall–Kier alpha value is -2.26. The van der Waals surface area contributed by atoms with Crippen molar-refractivity contribution < 1.29 is 4.74 Å². The summed E-state index contributed by atoms with van der Waals surface area (Å²) in [5.41, 5.74) is 10.6. The molecule has 1 aromatic heterocycles. The number of benzene rings is 2. The fraction of sp³-hybridized carbons (Fsp3) is 0.222. The highest BCUT2D eigenvalue weighted by Crippen LogP contribution is 2.25. The van der Waals surface area contributed by atoms with Gasteiger partial charge in [0.25, 0.3) is 0 Å². The molecule has 0 aliphatic carbocycles. The SMILES string of the molecule is COc1ccc(C)cc1Cn1ccc2c(CN)cccc21. The number of hydrogen-bond acceptors (Lipinski definition) is 2. The molecule has 2 aromatic carbocycles. The molecule has 3 nitrogen and oxygen atoms in total. The van der Waals surface area contributed by atoms with E-state index < -0.39 is 0 Å². The highest BCUT2D eigenvalue weighted by atomic mass is 16.5. The monoisotopic (exact) mass is 280 g/mol. The van der Waals surface area contributed by atoms with Gasteiger partial charge in [-0.15, -0.1) is 0 Å². The van der Waals surface area contributed by atoms with E-state index in [9.17, 15) is 0 Å². The first-order valence-electron chi connectivity index (χ1n) is 7.13. The first kappa shape index (κ1) is 13.7. The minimum Gasteiger partial charge on any atom is -0.496 e. The molecule has 0 aliphatic heterocycles. The number of rotatable bonds is 4. The van der Waals surface area contributed by atoms with Crippen LogP contribution in [0.25, 0.3) is 10.9 Å². The fourth-order valence-corrected chi connectivity index (χ4v) is 2.82. The summed E-state index contributed by atoms with van der Waals surface area (Å²) in [7, 11) is 1.72. The number of nitrogens with zero attached hydrogens (tertiary/aromatic N) is 1. The molecule has 0 spiro atoms. The Morgan fingerprint density at radius 1 is 1.10 bits per heavy atom. The number of nitrogens with two attached hydrogens (primary N) is 1. The van der Waals surface area contributed by atoms with E-state index in [0.29, 0.717) is 6.54 Å². The number of aryl methyl sites for hydroxylation is 1. The Kier molecular flexibility index (Phi) is 3.67. The molecule has 0 radical (unpaired) electrons. The van der Waals surface area contributed by atoms with E-state index >= 15 is 0 Å². The van der Waals surface area contributed by atoms with Crippen LogP contribution < -0.4 is 10.5 Å². The molecule has 0 aliphatic rings. The summed E-state index contributed by atoms with van der Waals surface area (Å²) in [5.74, 6) is 0.928. The van der Waals surface area contributed by atoms with Crippen LogP contribution in [0.15, 0.2) is 48.7 Å². The number of methoxy groups -OCH3 is 1. The van der Waals surface area contributed by atoms with E-state index in [0.717, 1.165) is 12.3 Å². The Bertz CT molecular complexity index is 774. The van der Waals surface area contributed by atoms with Gasteiger partial charge in [0.2, 0.25) is 0 Å². The Labute approximate surface area is 125 Å². The van der Waals surface area contributed by atoms with Crippen molar-refractivity contribution in [3.63, 3.8) is 0 Å². The second kappa shape index (κ2) is 5.62. The Morgan fingerprint density at radius 2 is 1.95 bits per heavy atom. The van der Waals surface area contributed by atoms with Crippen LogP contribution in [0.2, 0.25) is 0 Å². The van der Waals surface area contributed by atoms with Gasteiger partial charge in [0.05, 0.1) is 13.7 Å². The van der Waals surface area contributed by atoms with Gasteiger partial charge in [0.15, 0.2) is 0 Å². The summed E-state index contributed by atoms with van der Waals surface area (Å²) in [5, 5.41) is 1.23. The Balaban J connectivity index is 2.05. The number of hydrogen-bond donors (Lipinski definition) is 1. The molecule has 0 unspecified atom stereocenters. The van der Waals surface area contributed by atoms with Crippen molar-refractivity contribution >= 4 is 10.9 Å². The maximum atomic E-state index is 5.81. The molecule has 108 valence electrons. The molecule has 1 heterocycles. The van der Waals surface area contributed by atoms with Crippen LogP contribution in [-0.4, -0.2) is 11.7 Å². The first-order chi connectivity index (χ1) is 10.2. The van der Waals surface area contributed by atoms with Crippen molar-refractivity contribution in [3.05, 3.63) is 65.4 Å². The second-order valence-electron chi connectivity index (χ2n) is 5.31. The minimum absolute atomic E-state index is 0.565. The van der Waals surface area contributed by atoms with Crippen LogP contribution in [0.4, 0.5) is 0 Å². The largest absolute Gasteiger partial charge is 0.496 e. The summed E-state index contributed by atoms with van der Waals surface area (Å²) < 4.78 is 7.71. The smallest absolute Gasteiger partial charge is 0.123 e. The van der Waals surface area contributed by atoms with Crippen LogP contribution in [0.1, 0.15) is 16.7 Å². The van der Waals surface area contributed by atoms with Gasteiger partial charge in [0.1, 0.15) is 5.75 Å². The molecule has 0 fully saturated rings. The van der Waals surface area contributed by atoms with E-state index in [1.54, 1.807) is 7.11 Å². The molecule has 0 atom stereocenters. The molecule has 21 heavy (non-hydrogen) atoms. The molecular formula is C18H20N2O. The lowest BCUT2D eigenvalue weighted by molar-refractivity contribution is 0.408. The van der Waals surface area contributed by atoms with Crippen LogP contribution in [0, 0.1) is 6.92 Å². The van der Waals surface area contributed by atoms with Crippen molar-refractivity contribution in [2.45, 2.75) is 20.0 Å². The normalized spacial score (nSPS) is 11.0. The Morgan fingerprint density at radius 3 is 2.71 bits per heavy atom. The lowest BCUT2D eigenvalue weighted by Crippen LogP contribution is -2.02. The van der Waals surface area contributed by atoms with E-state index in [1.165, 1.54) is 27.6 Å². The van der Waals surface area contributed by atoms with E-state index in [-0.39, 0.29) is 0 Å². The fourth-order valence-electron chi connectivity index (χ4n) is 2.82. The molecule has 0 bridgehead atoms. The van der Waals surface area contributed by atoms with Gasteiger partial charge >= 0.3 is 0 Å².